The number of aliphatic hydroxyl groups excluding tert-OH is 1. The molecule has 1 N–H and O–H groups in total. The molecule has 10 heteroatoms. The third kappa shape index (κ3) is 8.61. The fourth-order valence-electron chi connectivity index (χ4n) is 5.31. The molecular weight excluding hydrogens is 574 g/mol. The van der Waals surface area contributed by atoms with E-state index in [1.54, 1.807) is 42.2 Å². The molecule has 1 aliphatic heterocycles. The average molecular weight is 620 g/mol. The summed E-state index contributed by atoms with van der Waals surface area (Å²) in [6.45, 7) is 8.59. The van der Waals surface area contributed by atoms with Gasteiger partial charge >= 0.3 is 0 Å². The molecule has 2 unspecified atom stereocenters. The normalized spacial score (nSPS) is 16.4. The first kappa shape index (κ1) is 33.9. The molecule has 4 rings (SSSR count). The molecule has 1 aliphatic rings. The average Bonchev–Trinajstić information content (AvgIpc) is 3.02. The first-order valence-corrected chi connectivity index (χ1v) is 15.2. The van der Waals surface area contributed by atoms with Crippen LogP contribution in [-0.2, 0) is 19.1 Å². The van der Waals surface area contributed by atoms with Crippen molar-refractivity contribution in [1.82, 2.24) is 4.90 Å². The van der Waals surface area contributed by atoms with Crippen molar-refractivity contribution in [2.45, 2.75) is 52.2 Å². The molecular formula is C35H45N3O7. The molecule has 242 valence electrons. The van der Waals surface area contributed by atoms with E-state index in [2.05, 4.69) is 0 Å². The number of hydrogen-bond acceptors (Lipinski definition) is 8. The lowest BCUT2D eigenvalue weighted by Gasteiger charge is -2.43. The lowest BCUT2D eigenvalue weighted by Crippen LogP contribution is -2.64. The van der Waals surface area contributed by atoms with E-state index >= 15 is 0 Å². The summed E-state index contributed by atoms with van der Waals surface area (Å²) in [6, 6.07) is 21.8. The fraction of sp³-hybridized carbons (Fsp3) is 0.429. The van der Waals surface area contributed by atoms with Crippen molar-refractivity contribution in [2.75, 3.05) is 56.9 Å². The number of hydrogen-bond donors (Lipinski definition) is 1. The van der Waals surface area contributed by atoms with Gasteiger partial charge in [-0.25, -0.2) is 4.90 Å². The number of piperazine rings is 1. The maximum absolute atomic E-state index is 14.5. The van der Waals surface area contributed by atoms with Crippen LogP contribution in [0.25, 0.3) is 11.1 Å². The van der Waals surface area contributed by atoms with Gasteiger partial charge in [-0.1, -0.05) is 42.5 Å². The monoisotopic (exact) mass is 619 g/mol. The van der Waals surface area contributed by atoms with Crippen molar-refractivity contribution in [2.24, 2.45) is 0 Å². The highest BCUT2D eigenvalue weighted by atomic mass is 16.6. The van der Waals surface area contributed by atoms with Crippen LogP contribution < -0.4 is 19.3 Å². The number of carbonyl (C=O) groups excluding carboxylic acids is 2. The van der Waals surface area contributed by atoms with Crippen molar-refractivity contribution in [3.8, 4) is 22.6 Å². The maximum Gasteiger partial charge on any atom is 0.251 e. The van der Waals surface area contributed by atoms with Gasteiger partial charge in [0.25, 0.3) is 5.91 Å². The van der Waals surface area contributed by atoms with Crippen molar-refractivity contribution >= 4 is 23.2 Å². The molecule has 1 heterocycles. The Kier molecular flexibility index (Phi) is 11.6. The van der Waals surface area contributed by atoms with E-state index in [1.807, 2.05) is 82.3 Å². The van der Waals surface area contributed by atoms with Crippen molar-refractivity contribution < 1.29 is 33.6 Å². The molecule has 2 amide bonds. The third-order valence-corrected chi connectivity index (χ3v) is 7.41. The molecule has 45 heavy (non-hydrogen) atoms. The van der Waals surface area contributed by atoms with E-state index in [4.69, 9.17) is 18.9 Å². The van der Waals surface area contributed by atoms with E-state index in [-0.39, 0.29) is 24.9 Å². The smallest absolute Gasteiger partial charge is 0.251 e. The summed E-state index contributed by atoms with van der Waals surface area (Å²) in [5.41, 5.74) is 2.44. The number of methoxy groups -OCH3 is 2. The Morgan fingerprint density at radius 3 is 2.38 bits per heavy atom. The van der Waals surface area contributed by atoms with Crippen molar-refractivity contribution in [3.05, 3.63) is 72.8 Å². The molecule has 0 aliphatic carbocycles. The van der Waals surface area contributed by atoms with E-state index in [0.717, 1.165) is 11.1 Å². The minimum atomic E-state index is -1.37. The molecule has 0 spiro atoms. The number of ether oxygens (including phenoxy) is 4. The van der Waals surface area contributed by atoms with Crippen LogP contribution in [0.4, 0.5) is 11.4 Å². The number of amides is 2. The highest BCUT2D eigenvalue weighted by Crippen LogP contribution is 2.34. The summed E-state index contributed by atoms with van der Waals surface area (Å²) in [5.74, 6) is 0.411. The topological polar surface area (TPSA) is 101 Å². The number of carbonyl (C=O) groups is 2. The van der Waals surface area contributed by atoms with Crippen molar-refractivity contribution in [3.63, 3.8) is 0 Å². The third-order valence-electron chi connectivity index (χ3n) is 7.41. The summed E-state index contributed by atoms with van der Waals surface area (Å²) in [7, 11) is 3.20. The van der Waals surface area contributed by atoms with Crippen LogP contribution in [0.2, 0.25) is 0 Å². The standard InChI is InChI=1S/C35H45N3O7/c1-7-37(27-17-18-30(43-6)31(22-27)44-20-12-19-42-5)33(40)29-23-36(34(41)45-35(2,3)4)24-32(39)38(29)28-16-11-15-26(21-28)25-13-9-8-10-14-25/h8-11,13-18,21-22,29,34,41H,7,12,19-20,23-24H2,1-6H3. The highest BCUT2D eigenvalue weighted by Gasteiger charge is 2.42. The first-order chi connectivity index (χ1) is 21.6. The number of anilines is 2. The number of likely N-dealkylation sites (N-methyl/N-ethyl adjacent to an activating group) is 1. The Bertz CT molecular complexity index is 1430. The second kappa shape index (κ2) is 15.4. The predicted molar refractivity (Wildman–Crippen MR) is 175 cm³/mol. The Morgan fingerprint density at radius 1 is 0.978 bits per heavy atom. The van der Waals surface area contributed by atoms with Gasteiger partial charge < -0.3 is 29.0 Å². The van der Waals surface area contributed by atoms with E-state index < -0.39 is 18.1 Å². The van der Waals surface area contributed by atoms with Gasteiger partial charge in [-0.3, -0.25) is 14.5 Å². The molecule has 10 nitrogen and oxygen atoms in total. The van der Waals surface area contributed by atoms with Crippen LogP contribution in [-0.4, -0.2) is 86.9 Å². The molecule has 0 aromatic heterocycles. The first-order valence-electron chi connectivity index (χ1n) is 15.2. The molecule has 0 radical (unpaired) electrons. The van der Waals surface area contributed by atoms with Crippen molar-refractivity contribution in [1.29, 1.82) is 0 Å². The van der Waals surface area contributed by atoms with E-state index in [9.17, 15) is 14.7 Å². The molecule has 2 atom stereocenters. The van der Waals surface area contributed by atoms with Gasteiger partial charge in [0.15, 0.2) is 11.5 Å². The van der Waals surface area contributed by atoms with Crippen LogP contribution in [0, 0.1) is 0 Å². The molecule has 3 aromatic rings. The number of aliphatic hydroxyl groups is 1. The van der Waals surface area contributed by atoms with Crippen LogP contribution >= 0.6 is 0 Å². The zero-order valence-electron chi connectivity index (χ0n) is 27.1. The SMILES string of the molecule is CCN(C(=O)C1CN(C(O)OC(C)(C)C)CC(=O)N1c1cccc(-c2ccccc2)c1)c1ccc(OC)c(OCCCOC)c1. The van der Waals surface area contributed by atoms with Gasteiger partial charge in [-0.2, -0.15) is 0 Å². The maximum atomic E-state index is 14.5. The molecule has 0 saturated carbocycles. The molecule has 1 saturated heterocycles. The van der Waals surface area contributed by atoms with Gasteiger partial charge in [0.05, 0.1) is 25.9 Å². The Labute approximate surface area is 266 Å². The van der Waals surface area contributed by atoms with Gasteiger partial charge in [0.1, 0.15) is 6.04 Å². The lowest BCUT2D eigenvalue weighted by molar-refractivity contribution is -0.240. The zero-order valence-corrected chi connectivity index (χ0v) is 27.1. The molecule has 1 fully saturated rings. The number of benzene rings is 3. The van der Waals surface area contributed by atoms with Crippen LogP contribution in [0.15, 0.2) is 72.8 Å². The zero-order chi connectivity index (χ0) is 32.6. The minimum Gasteiger partial charge on any atom is -0.493 e. The Hall–Kier alpha value is -3.96. The molecule has 3 aromatic carbocycles. The quantitative estimate of drug-likeness (QED) is 0.212. The number of nitrogens with zero attached hydrogens (tertiary/aromatic N) is 3. The Balaban J connectivity index is 1.71. The Morgan fingerprint density at radius 2 is 1.71 bits per heavy atom. The van der Waals surface area contributed by atoms with Crippen LogP contribution in [0.5, 0.6) is 11.5 Å². The minimum absolute atomic E-state index is 0.0599. The van der Waals surface area contributed by atoms with Crippen LogP contribution in [0.3, 0.4) is 0 Å². The largest absolute Gasteiger partial charge is 0.493 e. The summed E-state index contributed by atoms with van der Waals surface area (Å²) >= 11 is 0. The molecule has 0 bridgehead atoms. The summed E-state index contributed by atoms with van der Waals surface area (Å²) in [6.07, 6.45) is -0.679. The van der Waals surface area contributed by atoms with Gasteiger partial charge in [-0.05, 0) is 63.1 Å². The van der Waals surface area contributed by atoms with Gasteiger partial charge in [0.2, 0.25) is 12.3 Å². The predicted octanol–water partition coefficient (Wildman–Crippen LogP) is 4.94. The highest BCUT2D eigenvalue weighted by molar-refractivity contribution is 6.08. The van der Waals surface area contributed by atoms with Crippen LogP contribution in [0.1, 0.15) is 34.1 Å². The second-order valence-electron chi connectivity index (χ2n) is 11.8. The number of rotatable bonds is 13. The summed E-state index contributed by atoms with van der Waals surface area (Å²) in [5, 5.41) is 11.0. The lowest BCUT2D eigenvalue weighted by atomic mass is 10.0. The van der Waals surface area contributed by atoms with E-state index in [0.29, 0.717) is 49.1 Å². The summed E-state index contributed by atoms with van der Waals surface area (Å²) < 4.78 is 22.4. The fourth-order valence-corrected chi connectivity index (χ4v) is 5.31. The van der Waals surface area contributed by atoms with Gasteiger partial charge in [0, 0.05) is 50.7 Å². The second-order valence-corrected chi connectivity index (χ2v) is 11.8. The van der Waals surface area contributed by atoms with E-state index in [1.165, 1.54) is 4.90 Å². The van der Waals surface area contributed by atoms with Gasteiger partial charge in [-0.15, -0.1) is 0 Å². The summed E-state index contributed by atoms with van der Waals surface area (Å²) in [4.78, 5) is 33.1.